The van der Waals surface area contributed by atoms with E-state index >= 15 is 0 Å². The maximum Gasteiger partial charge on any atom is 0.335 e. The van der Waals surface area contributed by atoms with Crippen LogP contribution in [0.2, 0.25) is 0 Å². The lowest BCUT2D eigenvalue weighted by Gasteiger charge is -2.26. The molecule has 0 unspecified atom stereocenters. The second kappa shape index (κ2) is 4.87. The van der Waals surface area contributed by atoms with E-state index in [1.165, 1.54) is 12.1 Å². The first-order chi connectivity index (χ1) is 8.91. The monoisotopic (exact) mass is 264 g/mol. The van der Waals surface area contributed by atoms with E-state index in [0.717, 1.165) is 31.7 Å². The Labute approximate surface area is 110 Å². The molecule has 6 nitrogen and oxygen atoms in total. The normalized spacial score (nSPS) is 17.1. The third-order valence-electron chi connectivity index (χ3n) is 3.58. The van der Waals surface area contributed by atoms with Crippen LogP contribution in [-0.4, -0.2) is 21.5 Å². The van der Waals surface area contributed by atoms with Gasteiger partial charge in [-0.2, -0.15) is 0 Å². The molecule has 0 aliphatic heterocycles. The number of aromatic carboxylic acids is 1. The van der Waals surface area contributed by atoms with Crippen LogP contribution in [0.15, 0.2) is 18.2 Å². The highest BCUT2D eigenvalue weighted by Crippen LogP contribution is 2.36. The molecule has 0 amide bonds. The summed E-state index contributed by atoms with van der Waals surface area (Å²) in [6.45, 7) is 2.04. The van der Waals surface area contributed by atoms with Crippen LogP contribution in [0.4, 0.5) is 11.4 Å². The van der Waals surface area contributed by atoms with Gasteiger partial charge in [-0.1, -0.05) is 12.8 Å². The number of anilines is 1. The Morgan fingerprint density at radius 3 is 2.58 bits per heavy atom. The molecule has 1 aliphatic carbocycles. The summed E-state index contributed by atoms with van der Waals surface area (Å²) in [6.07, 6.45) is 4.13. The molecule has 0 bridgehead atoms. The number of nitro groups is 1. The highest BCUT2D eigenvalue weighted by atomic mass is 16.6. The van der Waals surface area contributed by atoms with E-state index in [2.05, 4.69) is 5.32 Å². The fraction of sp³-hybridized carbons (Fsp3) is 0.462. The Kier molecular flexibility index (Phi) is 3.42. The van der Waals surface area contributed by atoms with Crippen LogP contribution >= 0.6 is 0 Å². The molecule has 0 atom stereocenters. The predicted molar refractivity (Wildman–Crippen MR) is 70.6 cm³/mol. The number of carboxylic acids is 1. The number of nitrogens with zero attached hydrogens (tertiary/aromatic N) is 1. The van der Waals surface area contributed by atoms with Gasteiger partial charge >= 0.3 is 5.97 Å². The van der Waals surface area contributed by atoms with Gasteiger partial charge in [-0.05, 0) is 31.9 Å². The minimum Gasteiger partial charge on any atom is -0.478 e. The van der Waals surface area contributed by atoms with Crippen molar-refractivity contribution in [2.24, 2.45) is 0 Å². The molecule has 1 aliphatic rings. The summed E-state index contributed by atoms with van der Waals surface area (Å²) < 4.78 is 0. The molecule has 2 rings (SSSR count). The topological polar surface area (TPSA) is 92.5 Å². The summed E-state index contributed by atoms with van der Waals surface area (Å²) >= 11 is 0. The second-order valence-electron chi connectivity index (χ2n) is 5.19. The number of hydrogen-bond donors (Lipinski definition) is 2. The summed E-state index contributed by atoms with van der Waals surface area (Å²) in [6, 6.07) is 3.96. The Morgan fingerprint density at radius 2 is 2.05 bits per heavy atom. The van der Waals surface area contributed by atoms with Gasteiger partial charge in [-0.25, -0.2) is 4.79 Å². The molecular weight excluding hydrogens is 248 g/mol. The van der Waals surface area contributed by atoms with Gasteiger partial charge in [-0.3, -0.25) is 10.1 Å². The van der Waals surface area contributed by atoms with Crippen LogP contribution in [0.5, 0.6) is 0 Å². The number of carboxylic acid groups (broad SMARTS) is 1. The first-order valence-electron chi connectivity index (χ1n) is 6.21. The summed E-state index contributed by atoms with van der Waals surface area (Å²) in [5.74, 6) is -1.17. The van der Waals surface area contributed by atoms with Crippen molar-refractivity contribution < 1.29 is 14.8 Å². The standard InChI is InChI=1S/C13H16N2O4/c1-13(6-2-3-7-13)14-10-5-4-9(12(16)17)8-11(10)15(18)19/h4-5,8,14H,2-3,6-7H2,1H3,(H,16,17). The molecule has 1 aromatic carbocycles. The molecule has 102 valence electrons. The molecule has 19 heavy (non-hydrogen) atoms. The van der Waals surface area contributed by atoms with Gasteiger partial charge in [0, 0.05) is 11.6 Å². The lowest BCUT2D eigenvalue weighted by molar-refractivity contribution is -0.384. The largest absolute Gasteiger partial charge is 0.478 e. The van der Waals surface area contributed by atoms with Crippen molar-refractivity contribution in [2.45, 2.75) is 38.1 Å². The second-order valence-corrected chi connectivity index (χ2v) is 5.19. The average molecular weight is 264 g/mol. The third kappa shape index (κ3) is 2.83. The first kappa shape index (κ1) is 13.3. The van der Waals surface area contributed by atoms with Gasteiger partial charge in [0.05, 0.1) is 10.5 Å². The lowest BCUT2D eigenvalue weighted by atomic mass is 9.99. The molecule has 1 saturated carbocycles. The van der Waals surface area contributed by atoms with E-state index in [1.807, 2.05) is 6.92 Å². The first-order valence-corrected chi connectivity index (χ1v) is 6.21. The number of nitro benzene ring substituents is 1. The number of nitrogens with one attached hydrogen (secondary N) is 1. The smallest absolute Gasteiger partial charge is 0.335 e. The lowest BCUT2D eigenvalue weighted by Crippen LogP contribution is -2.31. The van der Waals surface area contributed by atoms with Crippen LogP contribution in [0.3, 0.4) is 0 Å². The number of carbonyl (C=O) groups is 1. The quantitative estimate of drug-likeness (QED) is 0.644. The molecule has 0 spiro atoms. The van der Waals surface area contributed by atoms with Crippen molar-refractivity contribution in [3.63, 3.8) is 0 Å². The van der Waals surface area contributed by atoms with Gasteiger partial charge in [0.15, 0.2) is 0 Å². The fourth-order valence-electron chi connectivity index (χ4n) is 2.53. The molecule has 2 N–H and O–H groups in total. The molecule has 0 saturated heterocycles. The van der Waals surface area contributed by atoms with E-state index in [4.69, 9.17) is 5.11 Å². The zero-order chi connectivity index (χ0) is 14.0. The molecule has 1 aromatic rings. The van der Waals surface area contributed by atoms with Crippen molar-refractivity contribution >= 4 is 17.3 Å². The number of rotatable bonds is 4. The SMILES string of the molecule is CC1(Nc2ccc(C(=O)O)cc2[N+](=O)[O-])CCCC1. The predicted octanol–water partition coefficient (Wildman–Crippen LogP) is 3.04. The Bertz CT molecular complexity index is 521. The third-order valence-corrected chi connectivity index (χ3v) is 3.58. The minimum atomic E-state index is -1.17. The van der Waals surface area contributed by atoms with E-state index < -0.39 is 10.9 Å². The van der Waals surface area contributed by atoms with E-state index in [9.17, 15) is 14.9 Å². The molecule has 0 aromatic heterocycles. The number of benzene rings is 1. The Hall–Kier alpha value is -2.11. The van der Waals surface area contributed by atoms with E-state index in [0.29, 0.717) is 5.69 Å². The molecule has 1 fully saturated rings. The molecule has 6 heteroatoms. The van der Waals surface area contributed by atoms with Gasteiger partial charge in [-0.15, -0.1) is 0 Å². The Balaban J connectivity index is 2.34. The molecular formula is C13H16N2O4. The molecule has 0 heterocycles. The van der Waals surface area contributed by atoms with Crippen LogP contribution in [0, 0.1) is 10.1 Å². The van der Waals surface area contributed by atoms with Gasteiger partial charge in [0.1, 0.15) is 5.69 Å². The summed E-state index contributed by atoms with van der Waals surface area (Å²) in [7, 11) is 0. The molecule has 0 radical (unpaired) electrons. The average Bonchev–Trinajstić information content (AvgIpc) is 2.75. The van der Waals surface area contributed by atoms with Crippen LogP contribution in [-0.2, 0) is 0 Å². The summed E-state index contributed by atoms with van der Waals surface area (Å²) in [5.41, 5.74) is -0.0172. The van der Waals surface area contributed by atoms with Gasteiger partial charge in [0.2, 0.25) is 0 Å². The minimum absolute atomic E-state index is 0.0752. The van der Waals surface area contributed by atoms with Crippen LogP contribution < -0.4 is 5.32 Å². The zero-order valence-electron chi connectivity index (χ0n) is 10.7. The maximum absolute atomic E-state index is 11.0. The van der Waals surface area contributed by atoms with E-state index in [-0.39, 0.29) is 16.8 Å². The van der Waals surface area contributed by atoms with E-state index in [1.54, 1.807) is 0 Å². The van der Waals surface area contributed by atoms with Crippen LogP contribution in [0.1, 0.15) is 43.0 Å². The van der Waals surface area contributed by atoms with Gasteiger partial charge < -0.3 is 10.4 Å². The Morgan fingerprint density at radius 1 is 1.42 bits per heavy atom. The van der Waals surface area contributed by atoms with Crippen LogP contribution in [0.25, 0.3) is 0 Å². The maximum atomic E-state index is 11.0. The zero-order valence-corrected chi connectivity index (χ0v) is 10.7. The highest BCUT2D eigenvalue weighted by Gasteiger charge is 2.30. The van der Waals surface area contributed by atoms with Crippen molar-refractivity contribution in [3.8, 4) is 0 Å². The summed E-state index contributed by atoms with van der Waals surface area (Å²) in [5, 5.41) is 23.1. The van der Waals surface area contributed by atoms with Crippen molar-refractivity contribution in [1.29, 1.82) is 0 Å². The van der Waals surface area contributed by atoms with Gasteiger partial charge in [0.25, 0.3) is 5.69 Å². The van der Waals surface area contributed by atoms with Crippen molar-refractivity contribution in [3.05, 3.63) is 33.9 Å². The number of hydrogen-bond acceptors (Lipinski definition) is 4. The fourth-order valence-corrected chi connectivity index (χ4v) is 2.53. The highest BCUT2D eigenvalue weighted by molar-refractivity contribution is 5.89. The summed E-state index contributed by atoms with van der Waals surface area (Å²) in [4.78, 5) is 21.4. The van der Waals surface area contributed by atoms with Crippen molar-refractivity contribution in [2.75, 3.05) is 5.32 Å². The van der Waals surface area contributed by atoms with Crippen molar-refractivity contribution in [1.82, 2.24) is 0 Å².